The quantitative estimate of drug-likeness (QED) is 0.624. The van der Waals surface area contributed by atoms with Gasteiger partial charge in [0.1, 0.15) is 0 Å². The molecule has 0 saturated heterocycles. The first-order valence-corrected chi connectivity index (χ1v) is 6.83. The van der Waals surface area contributed by atoms with Gasteiger partial charge in [0, 0.05) is 26.1 Å². The van der Waals surface area contributed by atoms with E-state index in [2.05, 4.69) is 14.9 Å². The molecule has 0 atom stereocenters. The molecule has 1 aliphatic rings. The molecule has 1 saturated carbocycles. The molecule has 0 unspecified atom stereocenters. The molecule has 7 nitrogen and oxygen atoms in total. The van der Waals surface area contributed by atoms with Crippen LogP contribution in [0.4, 0.5) is 0 Å². The highest BCUT2D eigenvalue weighted by atomic mass is 16.5. The highest BCUT2D eigenvalue weighted by Gasteiger charge is 2.29. The molecule has 20 heavy (non-hydrogen) atoms. The second-order valence-electron chi connectivity index (χ2n) is 4.92. The molecule has 0 amide bonds. The Balaban J connectivity index is 1.85. The van der Waals surface area contributed by atoms with Crippen molar-refractivity contribution < 1.29 is 18.8 Å². The highest BCUT2D eigenvalue weighted by Crippen LogP contribution is 2.38. The van der Waals surface area contributed by atoms with Crippen molar-refractivity contribution in [2.24, 2.45) is 0 Å². The minimum absolute atomic E-state index is 0.225. The van der Waals surface area contributed by atoms with Crippen LogP contribution in [0.1, 0.15) is 36.9 Å². The minimum atomic E-state index is -0.225. The van der Waals surface area contributed by atoms with Gasteiger partial charge in [0.2, 0.25) is 5.89 Å². The van der Waals surface area contributed by atoms with Gasteiger partial charge in [0.25, 0.3) is 0 Å². The van der Waals surface area contributed by atoms with Gasteiger partial charge in [-0.2, -0.15) is 4.98 Å². The summed E-state index contributed by atoms with van der Waals surface area (Å²) in [5.74, 6) is 1.65. The number of methoxy groups -OCH3 is 2. The summed E-state index contributed by atoms with van der Waals surface area (Å²) in [6.45, 7) is 2.40. The summed E-state index contributed by atoms with van der Waals surface area (Å²) in [6.07, 6.45) is 2.63. The highest BCUT2D eigenvalue weighted by molar-refractivity contribution is 5.69. The van der Waals surface area contributed by atoms with Gasteiger partial charge in [-0.25, -0.2) is 0 Å². The summed E-state index contributed by atoms with van der Waals surface area (Å²) in [6, 6.07) is 0. The number of nitrogens with zero attached hydrogens (tertiary/aromatic N) is 3. The number of aromatic nitrogens is 2. The Labute approximate surface area is 118 Å². The maximum Gasteiger partial charge on any atom is 0.306 e. The predicted molar refractivity (Wildman–Crippen MR) is 70.1 cm³/mol. The van der Waals surface area contributed by atoms with Gasteiger partial charge in [-0.3, -0.25) is 9.69 Å². The van der Waals surface area contributed by atoms with E-state index in [1.54, 1.807) is 7.11 Å². The zero-order valence-electron chi connectivity index (χ0n) is 12.0. The van der Waals surface area contributed by atoms with Crippen LogP contribution in [0.2, 0.25) is 0 Å². The van der Waals surface area contributed by atoms with Crippen LogP contribution < -0.4 is 0 Å². The minimum Gasteiger partial charge on any atom is -0.469 e. The van der Waals surface area contributed by atoms with Crippen molar-refractivity contribution >= 4 is 5.97 Å². The van der Waals surface area contributed by atoms with Gasteiger partial charge in [-0.15, -0.1) is 0 Å². The Hall–Kier alpha value is -1.47. The SMILES string of the molecule is COCCN(CCC(=O)OC)Cc1nc(C2CC2)no1. The molecule has 0 N–H and O–H groups in total. The molecule has 0 aromatic carbocycles. The predicted octanol–water partition coefficient (Wildman–Crippen LogP) is 0.958. The molecule has 0 aliphatic heterocycles. The van der Waals surface area contributed by atoms with Gasteiger partial charge in [0.05, 0.1) is 26.7 Å². The fourth-order valence-corrected chi connectivity index (χ4v) is 1.87. The van der Waals surface area contributed by atoms with E-state index in [0.717, 1.165) is 18.7 Å². The van der Waals surface area contributed by atoms with E-state index < -0.39 is 0 Å². The topological polar surface area (TPSA) is 77.7 Å². The summed E-state index contributed by atoms with van der Waals surface area (Å²) in [7, 11) is 3.04. The van der Waals surface area contributed by atoms with Crippen molar-refractivity contribution in [2.75, 3.05) is 33.9 Å². The summed E-state index contributed by atoms with van der Waals surface area (Å²) < 4.78 is 15.0. The average molecular weight is 283 g/mol. The van der Waals surface area contributed by atoms with Crippen LogP contribution in [0, 0.1) is 0 Å². The monoisotopic (exact) mass is 283 g/mol. The van der Waals surface area contributed by atoms with Crippen LogP contribution >= 0.6 is 0 Å². The summed E-state index contributed by atoms with van der Waals surface area (Å²) in [5.41, 5.74) is 0. The van der Waals surface area contributed by atoms with Crippen LogP contribution in [0.3, 0.4) is 0 Å². The smallest absolute Gasteiger partial charge is 0.306 e. The molecule has 112 valence electrons. The lowest BCUT2D eigenvalue weighted by molar-refractivity contribution is -0.141. The molecule has 0 spiro atoms. The van der Waals surface area contributed by atoms with Gasteiger partial charge in [0.15, 0.2) is 5.82 Å². The number of carbonyl (C=O) groups is 1. The molecular formula is C13H21N3O4. The summed E-state index contributed by atoms with van der Waals surface area (Å²) in [5, 5.41) is 3.99. The Morgan fingerprint density at radius 2 is 2.20 bits per heavy atom. The normalized spacial score (nSPS) is 14.8. The fourth-order valence-electron chi connectivity index (χ4n) is 1.87. The molecule has 2 rings (SSSR count). The van der Waals surface area contributed by atoms with E-state index in [-0.39, 0.29) is 5.97 Å². The summed E-state index contributed by atoms with van der Waals surface area (Å²) in [4.78, 5) is 17.6. The number of carbonyl (C=O) groups excluding carboxylic acids is 1. The molecule has 0 bridgehead atoms. The van der Waals surface area contributed by atoms with Gasteiger partial charge in [-0.1, -0.05) is 5.16 Å². The molecule has 1 aromatic rings. The van der Waals surface area contributed by atoms with Crippen LogP contribution in [0.5, 0.6) is 0 Å². The van der Waals surface area contributed by atoms with Gasteiger partial charge < -0.3 is 14.0 Å². The lowest BCUT2D eigenvalue weighted by atomic mass is 10.3. The number of esters is 1. The number of rotatable bonds is 9. The first-order chi connectivity index (χ1) is 9.72. The Morgan fingerprint density at radius 3 is 2.85 bits per heavy atom. The van der Waals surface area contributed by atoms with Crippen molar-refractivity contribution in [2.45, 2.75) is 31.7 Å². The molecule has 1 fully saturated rings. The van der Waals surface area contributed by atoms with Crippen molar-refractivity contribution in [1.82, 2.24) is 15.0 Å². The van der Waals surface area contributed by atoms with Crippen molar-refractivity contribution in [3.05, 3.63) is 11.7 Å². The Kier molecular flexibility index (Phi) is 5.49. The average Bonchev–Trinajstić information content (AvgIpc) is 3.21. The van der Waals surface area contributed by atoms with Crippen molar-refractivity contribution in [3.63, 3.8) is 0 Å². The van der Waals surface area contributed by atoms with Crippen LogP contribution in [0.15, 0.2) is 4.52 Å². The second kappa shape index (κ2) is 7.35. The maximum atomic E-state index is 11.2. The Bertz CT molecular complexity index is 431. The van der Waals surface area contributed by atoms with Gasteiger partial charge >= 0.3 is 5.97 Å². The largest absolute Gasteiger partial charge is 0.469 e. The molecule has 1 aromatic heterocycles. The molecule has 7 heteroatoms. The Morgan fingerprint density at radius 1 is 1.40 bits per heavy atom. The summed E-state index contributed by atoms with van der Waals surface area (Å²) >= 11 is 0. The maximum absolute atomic E-state index is 11.2. The zero-order valence-corrected chi connectivity index (χ0v) is 12.0. The third-order valence-electron chi connectivity index (χ3n) is 3.26. The van der Waals surface area contributed by atoms with E-state index in [1.807, 2.05) is 4.90 Å². The van der Waals surface area contributed by atoms with Crippen molar-refractivity contribution in [1.29, 1.82) is 0 Å². The standard InChI is InChI=1S/C13H21N3O4/c1-18-8-7-16(6-5-12(17)19-2)9-11-14-13(15-20-11)10-3-4-10/h10H,3-9H2,1-2H3. The molecule has 1 aliphatic carbocycles. The van der Waals surface area contributed by atoms with E-state index in [1.165, 1.54) is 7.11 Å². The second-order valence-corrected chi connectivity index (χ2v) is 4.92. The molecule has 0 radical (unpaired) electrons. The first kappa shape index (κ1) is 14.9. The van der Waals surface area contributed by atoms with Crippen LogP contribution in [0.25, 0.3) is 0 Å². The third kappa shape index (κ3) is 4.57. The number of ether oxygens (including phenoxy) is 2. The van der Waals surface area contributed by atoms with Crippen LogP contribution in [-0.4, -0.2) is 54.9 Å². The zero-order chi connectivity index (χ0) is 14.4. The number of hydrogen-bond acceptors (Lipinski definition) is 7. The lowest BCUT2D eigenvalue weighted by Gasteiger charge is -2.19. The van der Waals surface area contributed by atoms with Crippen molar-refractivity contribution in [3.8, 4) is 0 Å². The van der Waals surface area contributed by atoms with E-state index in [9.17, 15) is 4.79 Å². The third-order valence-corrected chi connectivity index (χ3v) is 3.26. The van der Waals surface area contributed by atoms with Crippen LogP contribution in [-0.2, 0) is 20.8 Å². The molecule has 1 heterocycles. The fraction of sp³-hybridized carbons (Fsp3) is 0.769. The lowest BCUT2D eigenvalue weighted by Crippen LogP contribution is -2.29. The number of hydrogen-bond donors (Lipinski definition) is 0. The van der Waals surface area contributed by atoms with Gasteiger partial charge in [-0.05, 0) is 12.8 Å². The van der Waals surface area contributed by atoms with E-state index in [4.69, 9.17) is 9.26 Å². The van der Waals surface area contributed by atoms with E-state index in [0.29, 0.717) is 44.5 Å². The first-order valence-electron chi connectivity index (χ1n) is 6.83. The molecular weight excluding hydrogens is 262 g/mol. The van der Waals surface area contributed by atoms with E-state index >= 15 is 0 Å².